The Hall–Kier alpha value is -3.67. The third-order valence-electron chi connectivity index (χ3n) is 5.54. The molecule has 0 saturated carbocycles. The van der Waals surface area contributed by atoms with Crippen LogP contribution < -0.4 is 20.9 Å². The summed E-state index contributed by atoms with van der Waals surface area (Å²) >= 11 is 1.20. The molecule has 3 amide bonds. The predicted octanol–water partition coefficient (Wildman–Crippen LogP) is 5.46. The first-order chi connectivity index (χ1) is 17.0. The Kier molecular flexibility index (Phi) is 8.51. The average molecular weight is 521 g/mol. The number of benzene rings is 2. The van der Waals surface area contributed by atoms with Gasteiger partial charge in [-0.3, -0.25) is 10.1 Å². The van der Waals surface area contributed by atoms with E-state index < -0.39 is 29.7 Å². The molecule has 2 atom stereocenters. The first-order valence-corrected chi connectivity index (χ1v) is 12.0. The van der Waals surface area contributed by atoms with Gasteiger partial charge >= 0.3 is 12.2 Å². The molecule has 1 heterocycles. The van der Waals surface area contributed by atoms with Crippen molar-refractivity contribution in [1.29, 1.82) is 0 Å². The largest absolute Gasteiger partial charge is 0.416 e. The van der Waals surface area contributed by atoms with Gasteiger partial charge in [-0.15, -0.1) is 10.2 Å². The maximum absolute atomic E-state index is 13.0. The number of aromatic nitrogens is 2. The summed E-state index contributed by atoms with van der Waals surface area (Å²) < 4.78 is 38.2. The van der Waals surface area contributed by atoms with Crippen molar-refractivity contribution in [3.8, 4) is 10.6 Å². The fraction of sp³-hybridized carbons (Fsp3) is 0.333. The van der Waals surface area contributed by atoms with Crippen LogP contribution in [0, 0.1) is 5.92 Å². The first kappa shape index (κ1) is 26.9. The molecule has 0 saturated heterocycles. The van der Waals surface area contributed by atoms with Crippen molar-refractivity contribution >= 4 is 39.8 Å². The van der Waals surface area contributed by atoms with Crippen LogP contribution in [0.2, 0.25) is 0 Å². The summed E-state index contributed by atoms with van der Waals surface area (Å²) in [5.74, 6) is -0.702. The molecular weight excluding hydrogens is 493 g/mol. The molecule has 0 aliphatic rings. The predicted molar refractivity (Wildman–Crippen MR) is 135 cm³/mol. The molecule has 0 bridgehead atoms. The average Bonchev–Trinajstić information content (AvgIpc) is 3.30. The Morgan fingerprint density at radius 2 is 1.64 bits per heavy atom. The quantitative estimate of drug-likeness (QED) is 0.366. The number of anilines is 3. The van der Waals surface area contributed by atoms with Crippen molar-refractivity contribution in [1.82, 2.24) is 15.5 Å². The molecule has 0 radical (unpaired) electrons. The summed E-state index contributed by atoms with van der Waals surface area (Å²) in [4.78, 5) is 27.4. The zero-order valence-corrected chi connectivity index (χ0v) is 21.0. The molecule has 1 aromatic heterocycles. The summed E-state index contributed by atoms with van der Waals surface area (Å²) in [6.07, 6.45) is -3.88. The summed E-state index contributed by atoms with van der Waals surface area (Å²) in [6, 6.07) is 10.1. The lowest BCUT2D eigenvalue weighted by molar-refractivity contribution is -0.137. The smallest absolute Gasteiger partial charge is 0.378 e. The molecule has 36 heavy (non-hydrogen) atoms. The molecule has 0 aliphatic carbocycles. The summed E-state index contributed by atoms with van der Waals surface area (Å²) in [5.41, 5.74) is 1.23. The van der Waals surface area contributed by atoms with E-state index in [2.05, 4.69) is 26.1 Å². The van der Waals surface area contributed by atoms with Gasteiger partial charge in [0.2, 0.25) is 11.0 Å². The Morgan fingerprint density at radius 1 is 1.00 bits per heavy atom. The van der Waals surface area contributed by atoms with Gasteiger partial charge in [0.25, 0.3) is 0 Å². The molecule has 2 unspecified atom stereocenters. The lowest BCUT2D eigenvalue weighted by Crippen LogP contribution is -2.49. The Bertz CT molecular complexity index is 1180. The minimum atomic E-state index is -4.47. The zero-order valence-electron chi connectivity index (χ0n) is 20.2. The molecule has 192 valence electrons. The van der Waals surface area contributed by atoms with Gasteiger partial charge < -0.3 is 15.5 Å². The highest BCUT2D eigenvalue weighted by atomic mass is 32.1. The van der Waals surface area contributed by atoms with Crippen molar-refractivity contribution in [2.24, 2.45) is 5.92 Å². The molecular formula is C24H27F3N6O2S. The summed E-state index contributed by atoms with van der Waals surface area (Å²) in [6.45, 7) is 3.68. The van der Waals surface area contributed by atoms with Crippen LogP contribution in [0.1, 0.15) is 25.8 Å². The number of nitrogens with one attached hydrogen (secondary N) is 3. The van der Waals surface area contributed by atoms with Crippen LogP contribution >= 0.6 is 11.3 Å². The van der Waals surface area contributed by atoms with Crippen molar-refractivity contribution in [3.63, 3.8) is 0 Å². The fourth-order valence-corrected chi connectivity index (χ4v) is 3.98. The van der Waals surface area contributed by atoms with Gasteiger partial charge in [0.15, 0.2) is 0 Å². The van der Waals surface area contributed by atoms with Crippen molar-refractivity contribution < 1.29 is 22.8 Å². The van der Waals surface area contributed by atoms with E-state index in [-0.39, 0.29) is 16.7 Å². The lowest BCUT2D eigenvalue weighted by Gasteiger charge is -2.23. The molecule has 8 nitrogen and oxygen atoms in total. The van der Waals surface area contributed by atoms with Gasteiger partial charge in [-0.25, -0.2) is 4.79 Å². The molecule has 2 aromatic carbocycles. The molecule has 12 heteroatoms. The number of halogens is 3. The number of hydrogen-bond acceptors (Lipinski definition) is 6. The van der Waals surface area contributed by atoms with E-state index in [0.29, 0.717) is 11.4 Å². The molecule has 3 rings (SSSR count). The second kappa shape index (κ2) is 11.4. The minimum Gasteiger partial charge on any atom is -0.378 e. The van der Waals surface area contributed by atoms with E-state index >= 15 is 0 Å². The number of carbonyl (C=O) groups excluding carboxylic acids is 2. The standard InChI is InChI=1S/C24H27F3N6O2S/c1-5-14(2)19(29-22(35)28-17-10-8-16(9-11-17)24(25,26)27)20(34)30-23-32-31-21(36-23)15-6-12-18(13-7-15)33(3)4/h6-14,19H,5H2,1-4H3,(H2,28,29,35)(H,30,32,34). The van der Waals surface area contributed by atoms with Crippen LogP contribution in [0.15, 0.2) is 48.5 Å². The lowest BCUT2D eigenvalue weighted by atomic mass is 9.98. The van der Waals surface area contributed by atoms with Crippen LogP contribution in [0.5, 0.6) is 0 Å². The van der Waals surface area contributed by atoms with Crippen molar-refractivity contribution in [3.05, 3.63) is 54.1 Å². The Morgan fingerprint density at radius 3 is 2.19 bits per heavy atom. The van der Waals surface area contributed by atoms with Crippen molar-refractivity contribution in [2.45, 2.75) is 32.5 Å². The van der Waals surface area contributed by atoms with E-state index in [0.717, 1.165) is 35.5 Å². The summed E-state index contributed by atoms with van der Waals surface area (Å²) in [5, 5.41) is 16.9. The van der Waals surface area contributed by atoms with Gasteiger partial charge in [0.1, 0.15) is 11.0 Å². The monoisotopic (exact) mass is 520 g/mol. The van der Waals surface area contributed by atoms with Crippen LogP contribution in [0.4, 0.5) is 34.5 Å². The molecule has 0 spiro atoms. The van der Waals surface area contributed by atoms with E-state index in [1.165, 1.54) is 11.3 Å². The second-order valence-electron chi connectivity index (χ2n) is 8.38. The highest BCUT2D eigenvalue weighted by Gasteiger charge is 2.30. The van der Waals surface area contributed by atoms with E-state index in [9.17, 15) is 22.8 Å². The maximum atomic E-state index is 13.0. The third kappa shape index (κ3) is 6.94. The topological polar surface area (TPSA) is 99.2 Å². The summed E-state index contributed by atoms with van der Waals surface area (Å²) in [7, 11) is 3.89. The molecule has 3 aromatic rings. The fourth-order valence-electron chi connectivity index (χ4n) is 3.23. The van der Waals surface area contributed by atoms with Gasteiger partial charge in [-0.2, -0.15) is 13.2 Å². The highest BCUT2D eigenvalue weighted by molar-refractivity contribution is 7.18. The molecule has 0 aliphatic heterocycles. The van der Waals surface area contributed by atoms with Gasteiger partial charge in [0.05, 0.1) is 5.56 Å². The Labute approximate surface area is 210 Å². The van der Waals surface area contributed by atoms with Crippen LogP contribution in [-0.4, -0.2) is 42.3 Å². The normalized spacial score (nSPS) is 13.0. The van der Waals surface area contributed by atoms with E-state index in [4.69, 9.17) is 0 Å². The zero-order chi connectivity index (χ0) is 26.5. The second-order valence-corrected chi connectivity index (χ2v) is 9.36. The number of rotatable bonds is 8. The number of alkyl halides is 3. The molecule has 0 fully saturated rings. The Balaban J connectivity index is 1.65. The van der Waals surface area contributed by atoms with Crippen LogP contribution in [0.25, 0.3) is 10.6 Å². The van der Waals surface area contributed by atoms with Gasteiger partial charge in [-0.1, -0.05) is 31.6 Å². The van der Waals surface area contributed by atoms with Gasteiger partial charge in [-0.05, 0) is 54.4 Å². The SMILES string of the molecule is CCC(C)C(NC(=O)Nc1ccc(C(F)(F)F)cc1)C(=O)Nc1nnc(-c2ccc(N(C)C)cc2)s1. The maximum Gasteiger partial charge on any atom is 0.416 e. The van der Waals surface area contributed by atoms with Gasteiger partial charge in [0, 0.05) is 31.0 Å². The number of hydrogen-bond donors (Lipinski definition) is 3. The number of nitrogens with zero attached hydrogens (tertiary/aromatic N) is 3. The first-order valence-electron chi connectivity index (χ1n) is 11.1. The van der Waals surface area contributed by atoms with Crippen LogP contribution in [-0.2, 0) is 11.0 Å². The van der Waals surface area contributed by atoms with E-state index in [1.807, 2.05) is 50.2 Å². The number of amides is 3. The van der Waals surface area contributed by atoms with Crippen LogP contribution in [0.3, 0.4) is 0 Å². The van der Waals surface area contributed by atoms with Crippen molar-refractivity contribution in [2.75, 3.05) is 29.6 Å². The molecule has 3 N–H and O–H groups in total. The van der Waals surface area contributed by atoms with E-state index in [1.54, 1.807) is 6.92 Å². The number of urea groups is 1. The number of carbonyl (C=O) groups is 2. The highest BCUT2D eigenvalue weighted by Crippen LogP contribution is 2.30. The third-order valence-corrected chi connectivity index (χ3v) is 6.43. The minimum absolute atomic E-state index is 0.165.